The van der Waals surface area contributed by atoms with E-state index < -0.39 is 19.0 Å². The van der Waals surface area contributed by atoms with Crippen LogP contribution in [0.4, 0.5) is 0 Å². The number of unbranched alkanes of at least 4 members (excludes halogenated alkanes) is 18. The zero-order valence-electron chi connectivity index (χ0n) is 32.4. The molecule has 0 spiro atoms. The molecule has 0 aromatic carbocycles. The van der Waals surface area contributed by atoms with E-state index in [0.717, 1.165) is 19.4 Å². The fraction of sp³-hybridized carbons (Fsp3) is 1.00. The zero-order chi connectivity index (χ0) is 34.8. The summed E-state index contributed by atoms with van der Waals surface area (Å²) in [5.41, 5.74) is -0.547. The summed E-state index contributed by atoms with van der Waals surface area (Å²) >= 11 is 0. The molecule has 0 aliphatic heterocycles. The summed E-state index contributed by atoms with van der Waals surface area (Å²) in [6.07, 6.45) is 28.2. The molecule has 0 amide bonds. The minimum absolute atomic E-state index is 0.201. The van der Waals surface area contributed by atoms with Crippen LogP contribution in [-0.4, -0.2) is 47.4 Å². The van der Waals surface area contributed by atoms with Crippen molar-refractivity contribution in [3.63, 3.8) is 0 Å². The number of ether oxygens (including phenoxy) is 3. The Balaban J connectivity index is 4.13. The standard InChI is InChI=1S/C39H81O6P/c1-10-12-14-16-18-20-22-24-26-28-31-37(4,5)43-34-30-36(3)45-46(40,41)39(8,9)44-35-32-38(6,7)42-33-29-27-25-23-21-19-17-15-13-11-2/h36H,10-35H2,1-9H3,(H,40,41). The lowest BCUT2D eigenvalue weighted by molar-refractivity contribution is -0.0612. The van der Waals surface area contributed by atoms with Gasteiger partial charge in [-0.05, 0) is 74.1 Å². The van der Waals surface area contributed by atoms with Gasteiger partial charge in [-0.25, -0.2) is 0 Å². The summed E-state index contributed by atoms with van der Waals surface area (Å²) in [5.74, 6) is 0. The summed E-state index contributed by atoms with van der Waals surface area (Å²) in [6, 6.07) is 0. The van der Waals surface area contributed by atoms with Gasteiger partial charge in [0.2, 0.25) is 0 Å². The van der Waals surface area contributed by atoms with Gasteiger partial charge in [-0.1, -0.05) is 136 Å². The first-order chi connectivity index (χ1) is 21.7. The van der Waals surface area contributed by atoms with E-state index >= 15 is 0 Å². The second-order valence-corrected chi connectivity index (χ2v) is 17.9. The van der Waals surface area contributed by atoms with Crippen LogP contribution in [0.1, 0.15) is 210 Å². The first-order valence-electron chi connectivity index (χ1n) is 19.6. The molecule has 0 heterocycles. The van der Waals surface area contributed by atoms with Gasteiger partial charge in [0, 0.05) is 13.2 Å². The molecule has 0 aliphatic carbocycles. The van der Waals surface area contributed by atoms with Gasteiger partial charge in [0.1, 0.15) is 0 Å². The maximum atomic E-state index is 13.2. The first-order valence-corrected chi connectivity index (χ1v) is 21.2. The molecule has 278 valence electrons. The molecule has 0 saturated carbocycles. The second-order valence-electron chi connectivity index (χ2n) is 15.6. The molecule has 2 unspecified atom stereocenters. The summed E-state index contributed by atoms with van der Waals surface area (Å²) in [7, 11) is -4.02. The van der Waals surface area contributed by atoms with Crippen LogP contribution in [0.25, 0.3) is 0 Å². The maximum absolute atomic E-state index is 13.2. The molecule has 0 aromatic heterocycles. The quantitative estimate of drug-likeness (QED) is 0.0540. The molecule has 7 heteroatoms. The number of hydrogen-bond donors (Lipinski definition) is 1. The minimum atomic E-state index is -4.02. The predicted octanol–water partition coefficient (Wildman–Crippen LogP) is 12.9. The van der Waals surface area contributed by atoms with Crippen molar-refractivity contribution in [3.05, 3.63) is 0 Å². The molecule has 0 saturated heterocycles. The van der Waals surface area contributed by atoms with E-state index in [1.807, 2.05) is 6.92 Å². The number of hydrogen-bond acceptors (Lipinski definition) is 5. The van der Waals surface area contributed by atoms with Gasteiger partial charge >= 0.3 is 7.60 Å². The fourth-order valence-electron chi connectivity index (χ4n) is 5.67. The van der Waals surface area contributed by atoms with E-state index in [0.29, 0.717) is 26.1 Å². The van der Waals surface area contributed by atoms with Crippen molar-refractivity contribution >= 4 is 7.60 Å². The Kier molecular flexibility index (Phi) is 26.9. The monoisotopic (exact) mass is 677 g/mol. The van der Waals surface area contributed by atoms with Crippen molar-refractivity contribution in [2.75, 3.05) is 19.8 Å². The lowest BCUT2D eigenvalue weighted by Gasteiger charge is -2.33. The lowest BCUT2D eigenvalue weighted by atomic mass is 9.99. The van der Waals surface area contributed by atoms with E-state index in [1.165, 1.54) is 122 Å². The molecule has 2 atom stereocenters. The van der Waals surface area contributed by atoms with Gasteiger partial charge in [0.25, 0.3) is 0 Å². The third-order valence-corrected chi connectivity index (χ3v) is 11.4. The minimum Gasteiger partial charge on any atom is -0.375 e. The van der Waals surface area contributed by atoms with E-state index in [1.54, 1.807) is 13.8 Å². The lowest BCUT2D eigenvalue weighted by Crippen LogP contribution is -2.32. The van der Waals surface area contributed by atoms with Crippen LogP contribution in [-0.2, 0) is 23.3 Å². The van der Waals surface area contributed by atoms with Crippen LogP contribution < -0.4 is 0 Å². The highest BCUT2D eigenvalue weighted by Crippen LogP contribution is 2.57. The highest BCUT2D eigenvalue weighted by atomic mass is 31.2. The first kappa shape index (κ1) is 46.0. The molecule has 46 heavy (non-hydrogen) atoms. The normalized spacial score (nSPS) is 14.9. The molecule has 0 fully saturated rings. The van der Waals surface area contributed by atoms with Crippen LogP contribution in [0, 0.1) is 0 Å². The highest BCUT2D eigenvalue weighted by molar-refractivity contribution is 7.54. The van der Waals surface area contributed by atoms with Crippen LogP contribution in [0.5, 0.6) is 0 Å². The summed E-state index contributed by atoms with van der Waals surface area (Å²) in [6.45, 7) is 19.6. The Hall–Kier alpha value is 0.0300. The predicted molar refractivity (Wildman–Crippen MR) is 198 cm³/mol. The summed E-state index contributed by atoms with van der Waals surface area (Å²) < 4.78 is 37.1. The Labute approximate surface area is 287 Å². The van der Waals surface area contributed by atoms with E-state index in [-0.39, 0.29) is 11.2 Å². The average molecular weight is 677 g/mol. The van der Waals surface area contributed by atoms with E-state index in [2.05, 4.69) is 41.5 Å². The molecule has 0 bridgehead atoms. The van der Waals surface area contributed by atoms with Gasteiger partial charge in [0.15, 0.2) is 5.34 Å². The second kappa shape index (κ2) is 26.8. The van der Waals surface area contributed by atoms with Crippen molar-refractivity contribution in [1.82, 2.24) is 0 Å². The van der Waals surface area contributed by atoms with Crippen molar-refractivity contribution in [2.45, 2.75) is 233 Å². The van der Waals surface area contributed by atoms with Gasteiger partial charge in [-0.2, -0.15) is 0 Å². The molecule has 0 aromatic rings. The summed E-state index contributed by atoms with van der Waals surface area (Å²) in [5, 5.41) is -1.30. The molecular formula is C39H81O6P. The highest BCUT2D eigenvalue weighted by Gasteiger charge is 2.43. The van der Waals surface area contributed by atoms with Crippen LogP contribution in [0.2, 0.25) is 0 Å². The van der Waals surface area contributed by atoms with Crippen molar-refractivity contribution in [1.29, 1.82) is 0 Å². The smallest absolute Gasteiger partial charge is 0.359 e. The van der Waals surface area contributed by atoms with Crippen molar-refractivity contribution < 1.29 is 28.2 Å². The van der Waals surface area contributed by atoms with Gasteiger partial charge in [-0.3, -0.25) is 4.57 Å². The maximum Gasteiger partial charge on any atom is 0.359 e. The topological polar surface area (TPSA) is 74.2 Å². The van der Waals surface area contributed by atoms with E-state index in [4.69, 9.17) is 18.7 Å². The van der Waals surface area contributed by atoms with Gasteiger partial charge < -0.3 is 23.6 Å². The third-order valence-electron chi connectivity index (χ3n) is 9.30. The molecule has 0 aliphatic rings. The third kappa shape index (κ3) is 26.0. The number of rotatable bonds is 34. The zero-order valence-corrected chi connectivity index (χ0v) is 33.3. The average Bonchev–Trinajstić information content (AvgIpc) is 2.96. The van der Waals surface area contributed by atoms with Crippen molar-refractivity contribution in [2.24, 2.45) is 0 Å². The van der Waals surface area contributed by atoms with Crippen LogP contribution in [0.3, 0.4) is 0 Å². The van der Waals surface area contributed by atoms with Crippen LogP contribution in [0.15, 0.2) is 0 Å². The molecule has 1 N–H and O–H groups in total. The Morgan fingerprint density at radius 1 is 0.522 bits per heavy atom. The summed E-state index contributed by atoms with van der Waals surface area (Å²) in [4.78, 5) is 10.8. The molecular weight excluding hydrogens is 595 g/mol. The molecule has 0 radical (unpaired) electrons. The van der Waals surface area contributed by atoms with Crippen molar-refractivity contribution in [3.8, 4) is 0 Å². The van der Waals surface area contributed by atoms with E-state index in [9.17, 15) is 9.46 Å². The fourth-order valence-corrected chi connectivity index (χ4v) is 6.77. The molecule has 6 nitrogen and oxygen atoms in total. The SMILES string of the molecule is CCCCCCCCCCCCOC(C)(C)CCOC(C)(C)P(=O)(O)OC(C)CCOC(C)(C)CCCCCCCCCCCC. The van der Waals surface area contributed by atoms with Crippen LogP contribution >= 0.6 is 7.60 Å². The Morgan fingerprint density at radius 2 is 0.913 bits per heavy atom. The largest absolute Gasteiger partial charge is 0.375 e. The van der Waals surface area contributed by atoms with Gasteiger partial charge in [-0.15, -0.1) is 0 Å². The Morgan fingerprint density at radius 3 is 1.39 bits per heavy atom. The molecule has 0 rings (SSSR count). The van der Waals surface area contributed by atoms with Gasteiger partial charge in [0.05, 0.1) is 23.9 Å². The Bertz CT molecular complexity index is 738.